The first-order valence-corrected chi connectivity index (χ1v) is 7.31. The number of carboxylic acids is 1. The van der Waals surface area contributed by atoms with Crippen molar-refractivity contribution < 1.29 is 14.6 Å². The van der Waals surface area contributed by atoms with Gasteiger partial charge >= 0.3 is 5.97 Å². The van der Waals surface area contributed by atoms with E-state index in [1.165, 1.54) is 11.5 Å². The predicted octanol–water partition coefficient (Wildman–Crippen LogP) is 1.83. The third kappa shape index (κ3) is 4.80. The average Bonchev–Trinajstić information content (AvgIpc) is 2.93. The highest BCUT2D eigenvalue weighted by atomic mass is 32.1. The lowest BCUT2D eigenvalue weighted by Crippen LogP contribution is -2.31. The van der Waals surface area contributed by atoms with E-state index in [0.29, 0.717) is 30.4 Å². The SMILES string of the molecule is COCCc1nsc(N[C@H](Cc2ccccc2)C(=O)O)n1. The quantitative estimate of drug-likeness (QED) is 0.774. The van der Waals surface area contributed by atoms with Crippen molar-refractivity contribution in [3.63, 3.8) is 0 Å². The second-order valence-corrected chi connectivity index (χ2v) is 5.24. The number of carboxylic acid groups (broad SMARTS) is 1. The molecule has 1 aromatic heterocycles. The van der Waals surface area contributed by atoms with Crippen molar-refractivity contribution >= 4 is 22.6 Å². The molecule has 1 heterocycles. The Kier molecular flexibility index (Phi) is 5.65. The van der Waals surface area contributed by atoms with Crippen LogP contribution < -0.4 is 5.32 Å². The molecule has 0 radical (unpaired) electrons. The number of aromatic nitrogens is 2. The lowest BCUT2D eigenvalue weighted by molar-refractivity contribution is -0.137. The molecule has 0 saturated heterocycles. The van der Waals surface area contributed by atoms with Crippen LogP contribution in [0.1, 0.15) is 11.4 Å². The van der Waals surface area contributed by atoms with Crippen LogP contribution in [0.25, 0.3) is 0 Å². The van der Waals surface area contributed by atoms with Crippen LogP contribution >= 0.6 is 11.5 Å². The third-order valence-electron chi connectivity index (χ3n) is 2.88. The number of anilines is 1. The van der Waals surface area contributed by atoms with Gasteiger partial charge in [0, 0.05) is 31.5 Å². The lowest BCUT2D eigenvalue weighted by Gasteiger charge is -2.13. The highest BCUT2D eigenvalue weighted by Crippen LogP contribution is 2.15. The van der Waals surface area contributed by atoms with Gasteiger partial charge in [0.2, 0.25) is 5.13 Å². The number of methoxy groups -OCH3 is 1. The zero-order chi connectivity index (χ0) is 15.1. The number of nitrogens with zero attached hydrogens (tertiary/aromatic N) is 2. The first-order valence-electron chi connectivity index (χ1n) is 6.54. The second kappa shape index (κ2) is 7.70. The van der Waals surface area contributed by atoms with Gasteiger partial charge in [0.1, 0.15) is 11.9 Å². The van der Waals surface area contributed by atoms with Crippen LogP contribution in [0, 0.1) is 0 Å². The molecule has 0 amide bonds. The zero-order valence-corrected chi connectivity index (χ0v) is 12.5. The Bertz CT molecular complexity index is 574. The van der Waals surface area contributed by atoms with Gasteiger partial charge in [-0.3, -0.25) is 0 Å². The number of hydrogen-bond donors (Lipinski definition) is 2. The van der Waals surface area contributed by atoms with Crippen molar-refractivity contribution in [3.05, 3.63) is 41.7 Å². The van der Waals surface area contributed by atoms with Crippen molar-refractivity contribution in [2.24, 2.45) is 0 Å². The first-order chi connectivity index (χ1) is 10.2. The maximum Gasteiger partial charge on any atom is 0.326 e. The molecular formula is C14H17N3O3S. The fourth-order valence-electron chi connectivity index (χ4n) is 1.81. The summed E-state index contributed by atoms with van der Waals surface area (Å²) in [5.41, 5.74) is 0.960. The molecule has 6 nitrogen and oxygen atoms in total. The number of ether oxygens (including phenoxy) is 1. The fraction of sp³-hybridized carbons (Fsp3) is 0.357. The monoisotopic (exact) mass is 307 g/mol. The Hall–Kier alpha value is -1.99. The molecule has 0 bridgehead atoms. The smallest absolute Gasteiger partial charge is 0.326 e. The second-order valence-electron chi connectivity index (χ2n) is 4.48. The van der Waals surface area contributed by atoms with Crippen LogP contribution in [0.3, 0.4) is 0 Å². The molecule has 0 spiro atoms. The van der Waals surface area contributed by atoms with Gasteiger partial charge in [0.05, 0.1) is 6.61 Å². The van der Waals surface area contributed by atoms with Crippen molar-refractivity contribution in [2.45, 2.75) is 18.9 Å². The lowest BCUT2D eigenvalue weighted by atomic mass is 10.1. The van der Waals surface area contributed by atoms with E-state index < -0.39 is 12.0 Å². The van der Waals surface area contributed by atoms with E-state index in [1.807, 2.05) is 30.3 Å². The van der Waals surface area contributed by atoms with Gasteiger partial charge in [-0.25, -0.2) is 9.78 Å². The number of benzene rings is 1. The summed E-state index contributed by atoms with van der Waals surface area (Å²) in [5, 5.41) is 12.8. The van der Waals surface area contributed by atoms with Crippen molar-refractivity contribution in [3.8, 4) is 0 Å². The highest BCUT2D eigenvalue weighted by molar-refractivity contribution is 7.09. The fourth-order valence-corrected chi connectivity index (χ4v) is 2.47. The van der Waals surface area contributed by atoms with E-state index in [2.05, 4.69) is 14.7 Å². The number of aliphatic carboxylic acids is 1. The van der Waals surface area contributed by atoms with Gasteiger partial charge in [0.25, 0.3) is 0 Å². The number of rotatable bonds is 8. The normalized spacial score (nSPS) is 12.0. The molecule has 7 heteroatoms. The Balaban J connectivity index is 1.99. The van der Waals surface area contributed by atoms with Gasteiger partial charge < -0.3 is 15.2 Å². The maximum atomic E-state index is 11.4. The average molecular weight is 307 g/mol. The molecule has 2 aromatic rings. The summed E-state index contributed by atoms with van der Waals surface area (Å²) in [6, 6.07) is 8.77. The maximum absolute atomic E-state index is 11.4. The summed E-state index contributed by atoms with van der Waals surface area (Å²) in [7, 11) is 1.62. The molecule has 1 aromatic carbocycles. The zero-order valence-electron chi connectivity index (χ0n) is 11.7. The van der Waals surface area contributed by atoms with E-state index in [1.54, 1.807) is 7.11 Å². The minimum absolute atomic E-state index is 0.392. The van der Waals surface area contributed by atoms with Gasteiger partial charge in [-0.15, -0.1) is 0 Å². The van der Waals surface area contributed by atoms with Crippen molar-refractivity contribution in [1.82, 2.24) is 9.36 Å². The number of carbonyl (C=O) groups is 1. The summed E-state index contributed by atoms with van der Waals surface area (Å²) in [6.45, 7) is 0.544. The Morgan fingerprint density at radius 2 is 2.19 bits per heavy atom. The van der Waals surface area contributed by atoms with E-state index in [-0.39, 0.29) is 0 Å². The standard InChI is InChI=1S/C14H17N3O3S/c1-20-8-7-12-16-14(21-17-12)15-11(13(18)19)9-10-5-3-2-4-6-10/h2-6,11H,7-9H2,1H3,(H,18,19)(H,15,16,17)/t11-/m1/s1. The van der Waals surface area contributed by atoms with Crippen LogP contribution in [-0.4, -0.2) is 40.2 Å². The summed E-state index contributed by atoms with van der Waals surface area (Å²) in [6.07, 6.45) is 1.01. The van der Waals surface area contributed by atoms with Crippen molar-refractivity contribution in [2.75, 3.05) is 19.0 Å². The van der Waals surface area contributed by atoms with Gasteiger partial charge in [-0.05, 0) is 5.56 Å². The number of hydrogen-bond acceptors (Lipinski definition) is 6. The summed E-state index contributed by atoms with van der Waals surface area (Å²) in [4.78, 5) is 15.6. The number of nitrogens with one attached hydrogen (secondary N) is 1. The Morgan fingerprint density at radius 3 is 2.86 bits per heavy atom. The Labute approximate surface area is 127 Å². The molecule has 0 fully saturated rings. The topological polar surface area (TPSA) is 84.3 Å². The van der Waals surface area contributed by atoms with Crippen molar-refractivity contribution in [1.29, 1.82) is 0 Å². The minimum Gasteiger partial charge on any atom is -0.480 e. The third-order valence-corrected chi connectivity index (χ3v) is 3.56. The Morgan fingerprint density at radius 1 is 1.43 bits per heavy atom. The first kappa shape index (κ1) is 15.4. The van der Waals surface area contributed by atoms with Crippen LogP contribution in [0.15, 0.2) is 30.3 Å². The van der Waals surface area contributed by atoms with E-state index in [0.717, 1.165) is 5.56 Å². The molecule has 2 rings (SSSR count). The summed E-state index contributed by atoms with van der Waals surface area (Å²) >= 11 is 1.17. The molecule has 0 saturated carbocycles. The molecule has 1 atom stereocenters. The van der Waals surface area contributed by atoms with E-state index in [9.17, 15) is 9.90 Å². The van der Waals surface area contributed by atoms with Crippen LogP contribution in [0.4, 0.5) is 5.13 Å². The minimum atomic E-state index is -0.910. The van der Waals surface area contributed by atoms with Crippen LogP contribution in [-0.2, 0) is 22.4 Å². The molecule has 0 aliphatic heterocycles. The highest BCUT2D eigenvalue weighted by Gasteiger charge is 2.19. The van der Waals surface area contributed by atoms with Gasteiger partial charge in [-0.2, -0.15) is 4.37 Å². The molecule has 0 aliphatic carbocycles. The molecular weight excluding hydrogens is 290 g/mol. The molecule has 0 aliphatic rings. The van der Waals surface area contributed by atoms with Gasteiger partial charge in [0.15, 0.2) is 0 Å². The van der Waals surface area contributed by atoms with E-state index >= 15 is 0 Å². The molecule has 21 heavy (non-hydrogen) atoms. The van der Waals surface area contributed by atoms with Gasteiger partial charge in [-0.1, -0.05) is 30.3 Å². The van der Waals surface area contributed by atoms with Crippen LogP contribution in [0.5, 0.6) is 0 Å². The van der Waals surface area contributed by atoms with Crippen LogP contribution in [0.2, 0.25) is 0 Å². The summed E-state index contributed by atoms with van der Waals surface area (Å²) < 4.78 is 9.13. The predicted molar refractivity (Wildman–Crippen MR) is 80.7 cm³/mol. The largest absolute Gasteiger partial charge is 0.480 e. The van der Waals surface area contributed by atoms with E-state index in [4.69, 9.17) is 4.74 Å². The molecule has 0 unspecified atom stereocenters. The molecule has 112 valence electrons. The molecule has 2 N–H and O–H groups in total. The summed E-state index contributed by atoms with van der Waals surface area (Å²) in [5.74, 6) is -0.249.